The van der Waals surface area contributed by atoms with Gasteiger partial charge in [0.15, 0.2) is 0 Å². The van der Waals surface area contributed by atoms with Gasteiger partial charge in [-0.05, 0) is 57.0 Å². The number of hydrogen-bond donors (Lipinski definition) is 0. The van der Waals surface area contributed by atoms with Crippen molar-refractivity contribution in [2.24, 2.45) is 0 Å². The van der Waals surface area contributed by atoms with E-state index >= 15 is 0 Å². The topological polar surface area (TPSA) is 29.5 Å². The zero-order valence-electron chi connectivity index (χ0n) is 14.5. The van der Waals surface area contributed by atoms with Crippen LogP contribution in [-0.2, 0) is 0 Å². The Morgan fingerprint density at radius 3 is 2.09 bits per heavy atom. The molecule has 1 amide bonds. The van der Waals surface area contributed by atoms with Crippen molar-refractivity contribution in [3.63, 3.8) is 0 Å². The third kappa shape index (κ3) is 3.73. The molecule has 0 radical (unpaired) electrons. The molecule has 0 N–H and O–H groups in total. The van der Waals surface area contributed by atoms with E-state index in [1.54, 1.807) is 7.11 Å². The highest BCUT2D eigenvalue weighted by Crippen LogP contribution is 2.29. The van der Waals surface area contributed by atoms with Crippen LogP contribution in [0.1, 0.15) is 38.1 Å². The average molecular weight is 311 g/mol. The summed E-state index contributed by atoms with van der Waals surface area (Å²) in [5.74, 6) is 0.803. The van der Waals surface area contributed by atoms with Gasteiger partial charge in [-0.2, -0.15) is 0 Å². The Balaban J connectivity index is 2.56. The first kappa shape index (κ1) is 17.1. The van der Waals surface area contributed by atoms with E-state index in [4.69, 9.17) is 4.74 Å². The molecule has 0 aromatic heterocycles. The van der Waals surface area contributed by atoms with Crippen LogP contribution in [0.5, 0.6) is 5.75 Å². The van der Waals surface area contributed by atoms with Crippen molar-refractivity contribution in [2.45, 2.75) is 39.8 Å². The van der Waals surface area contributed by atoms with Gasteiger partial charge in [0.1, 0.15) is 5.75 Å². The largest absolute Gasteiger partial charge is 0.497 e. The summed E-state index contributed by atoms with van der Waals surface area (Å²) in [6.07, 6.45) is 0. The Labute approximate surface area is 138 Å². The maximum Gasteiger partial charge on any atom is 0.254 e. The minimum Gasteiger partial charge on any atom is -0.497 e. The predicted molar refractivity (Wildman–Crippen MR) is 94.9 cm³/mol. The molecule has 0 heterocycles. The number of benzene rings is 2. The van der Waals surface area contributed by atoms with Gasteiger partial charge in [-0.1, -0.05) is 30.3 Å². The van der Waals surface area contributed by atoms with E-state index < -0.39 is 0 Å². The molecule has 0 saturated carbocycles. The normalized spacial score (nSPS) is 10.9. The van der Waals surface area contributed by atoms with Crippen LogP contribution in [0, 0.1) is 0 Å². The van der Waals surface area contributed by atoms with Crippen molar-refractivity contribution in [3.05, 3.63) is 54.1 Å². The van der Waals surface area contributed by atoms with Crippen molar-refractivity contribution in [1.29, 1.82) is 0 Å². The van der Waals surface area contributed by atoms with E-state index in [1.165, 1.54) is 0 Å². The van der Waals surface area contributed by atoms with Crippen molar-refractivity contribution >= 4 is 5.91 Å². The molecule has 0 spiro atoms. The maximum absolute atomic E-state index is 13.1. The number of carbonyl (C=O) groups is 1. The van der Waals surface area contributed by atoms with Crippen LogP contribution in [0.25, 0.3) is 11.1 Å². The highest BCUT2D eigenvalue weighted by molar-refractivity contribution is 6.01. The Morgan fingerprint density at radius 1 is 0.957 bits per heavy atom. The molecule has 0 aliphatic rings. The standard InChI is InChI=1S/C20H25NO2/c1-14(2)21(15(3)4)20(22)18-12-11-17(23-5)13-19(18)16-9-7-6-8-10-16/h6-15H,1-5H3. The van der Waals surface area contributed by atoms with Gasteiger partial charge >= 0.3 is 0 Å². The zero-order chi connectivity index (χ0) is 17.0. The number of ether oxygens (including phenoxy) is 1. The van der Waals surface area contributed by atoms with Crippen LogP contribution in [0.15, 0.2) is 48.5 Å². The lowest BCUT2D eigenvalue weighted by Crippen LogP contribution is -2.42. The third-order valence-corrected chi connectivity index (χ3v) is 3.89. The van der Waals surface area contributed by atoms with Gasteiger partial charge in [0.2, 0.25) is 0 Å². The molecule has 2 aromatic rings. The fourth-order valence-corrected chi connectivity index (χ4v) is 2.90. The summed E-state index contributed by atoms with van der Waals surface area (Å²) in [5, 5.41) is 0. The molecule has 0 aliphatic carbocycles. The Morgan fingerprint density at radius 2 is 1.57 bits per heavy atom. The molecule has 0 fully saturated rings. The number of hydrogen-bond acceptors (Lipinski definition) is 2. The summed E-state index contributed by atoms with van der Waals surface area (Å²) in [6.45, 7) is 8.18. The number of carbonyl (C=O) groups excluding carboxylic acids is 1. The van der Waals surface area contributed by atoms with Crippen molar-refractivity contribution in [2.75, 3.05) is 7.11 Å². The van der Waals surface area contributed by atoms with Crippen molar-refractivity contribution in [1.82, 2.24) is 4.90 Å². The second-order valence-corrected chi connectivity index (χ2v) is 6.18. The molecule has 3 heteroatoms. The molecule has 0 saturated heterocycles. The minimum absolute atomic E-state index is 0.0523. The monoisotopic (exact) mass is 311 g/mol. The second kappa shape index (κ2) is 7.32. The molecule has 3 nitrogen and oxygen atoms in total. The quantitative estimate of drug-likeness (QED) is 0.806. The van der Waals surface area contributed by atoms with Crippen LogP contribution >= 0.6 is 0 Å². The SMILES string of the molecule is COc1ccc(C(=O)N(C(C)C)C(C)C)c(-c2ccccc2)c1. The van der Waals surface area contributed by atoms with Gasteiger partial charge < -0.3 is 9.64 Å². The van der Waals surface area contributed by atoms with E-state index in [0.29, 0.717) is 5.56 Å². The molecular weight excluding hydrogens is 286 g/mol. The molecule has 2 aromatic carbocycles. The number of amides is 1. The fourth-order valence-electron chi connectivity index (χ4n) is 2.90. The van der Waals surface area contributed by atoms with Crippen LogP contribution in [0.2, 0.25) is 0 Å². The Kier molecular flexibility index (Phi) is 5.43. The molecular formula is C20H25NO2. The van der Waals surface area contributed by atoms with E-state index in [1.807, 2.05) is 81.1 Å². The van der Waals surface area contributed by atoms with Crippen molar-refractivity contribution < 1.29 is 9.53 Å². The lowest BCUT2D eigenvalue weighted by atomic mass is 9.97. The van der Waals surface area contributed by atoms with Crippen LogP contribution in [0.4, 0.5) is 0 Å². The smallest absolute Gasteiger partial charge is 0.254 e. The van der Waals surface area contributed by atoms with Gasteiger partial charge in [-0.3, -0.25) is 4.79 Å². The second-order valence-electron chi connectivity index (χ2n) is 6.18. The molecule has 23 heavy (non-hydrogen) atoms. The van der Waals surface area contributed by atoms with Gasteiger partial charge in [-0.25, -0.2) is 0 Å². The summed E-state index contributed by atoms with van der Waals surface area (Å²) in [7, 11) is 1.64. The summed E-state index contributed by atoms with van der Waals surface area (Å²) in [5.41, 5.74) is 2.63. The van der Waals surface area contributed by atoms with Crippen molar-refractivity contribution in [3.8, 4) is 16.9 Å². The Hall–Kier alpha value is -2.29. The number of methoxy groups -OCH3 is 1. The first-order valence-electron chi connectivity index (χ1n) is 8.01. The third-order valence-electron chi connectivity index (χ3n) is 3.89. The van der Waals surface area contributed by atoms with E-state index in [9.17, 15) is 4.79 Å². The number of nitrogens with zero attached hydrogens (tertiary/aromatic N) is 1. The van der Waals surface area contributed by atoms with E-state index in [-0.39, 0.29) is 18.0 Å². The first-order chi connectivity index (χ1) is 11.0. The van der Waals surface area contributed by atoms with Gasteiger partial charge in [0.05, 0.1) is 7.11 Å². The predicted octanol–water partition coefficient (Wildman–Crippen LogP) is 4.62. The average Bonchev–Trinajstić information content (AvgIpc) is 2.54. The van der Waals surface area contributed by atoms with E-state index in [0.717, 1.165) is 16.9 Å². The molecule has 0 aliphatic heterocycles. The van der Waals surface area contributed by atoms with Crippen LogP contribution in [0.3, 0.4) is 0 Å². The minimum atomic E-state index is 0.0523. The Bertz CT molecular complexity index is 655. The first-order valence-corrected chi connectivity index (χ1v) is 8.01. The van der Waals surface area contributed by atoms with Gasteiger partial charge in [0, 0.05) is 17.6 Å². The zero-order valence-corrected chi connectivity index (χ0v) is 14.5. The maximum atomic E-state index is 13.1. The summed E-state index contributed by atoms with van der Waals surface area (Å²) in [4.78, 5) is 15.0. The molecule has 0 atom stereocenters. The molecule has 0 unspecified atom stereocenters. The fraction of sp³-hybridized carbons (Fsp3) is 0.350. The van der Waals surface area contributed by atoms with Crippen LogP contribution in [-0.4, -0.2) is 30.0 Å². The highest BCUT2D eigenvalue weighted by Gasteiger charge is 2.24. The van der Waals surface area contributed by atoms with E-state index in [2.05, 4.69) is 0 Å². The lowest BCUT2D eigenvalue weighted by molar-refractivity contribution is 0.0644. The van der Waals surface area contributed by atoms with Crippen LogP contribution < -0.4 is 4.74 Å². The van der Waals surface area contributed by atoms with Gasteiger partial charge in [0.25, 0.3) is 5.91 Å². The summed E-state index contributed by atoms with van der Waals surface area (Å²) < 4.78 is 5.34. The number of rotatable bonds is 5. The van der Waals surface area contributed by atoms with Gasteiger partial charge in [-0.15, -0.1) is 0 Å². The summed E-state index contributed by atoms with van der Waals surface area (Å²) in [6, 6.07) is 15.9. The molecule has 2 rings (SSSR count). The summed E-state index contributed by atoms with van der Waals surface area (Å²) >= 11 is 0. The highest BCUT2D eigenvalue weighted by atomic mass is 16.5. The molecule has 0 bridgehead atoms. The molecule has 122 valence electrons. The lowest BCUT2D eigenvalue weighted by Gasteiger charge is -2.31.